The largest absolute Gasteiger partial charge is 0.710 e. The normalized spacial score (nSPS) is 10.8. The second-order valence-electron chi connectivity index (χ2n) is 4.65. The van der Waals surface area contributed by atoms with Crippen molar-refractivity contribution < 1.29 is 4.73 Å². The maximum absolute atomic E-state index is 12.2. The van der Waals surface area contributed by atoms with Crippen LogP contribution in [0.3, 0.4) is 0 Å². The topological polar surface area (TPSA) is 69.7 Å². The minimum Gasteiger partial charge on any atom is -0.710 e. The molecule has 0 aliphatic carbocycles. The lowest BCUT2D eigenvalue weighted by Gasteiger charge is -1.99. The summed E-state index contributed by atoms with van der Waals surface area (Å²) in [5.41, 5.74) is 2.59. The Labute approximate surface area is 126 Å². The van der Waals surface area contributed by atoms with E-state index in [1.807, 2.05) is 41.8 Å². The Bertz CT molecular complexity index is 750. The molecule has 108 valence electrons. The molecule has 0 saturated heterocycles. The van der Waals surface area contributed by atoms with E-state index in [1.165, 1.54) is 11.3 Å². The molecule has 0 aliphatic heterocycles. The van der Waals surface area contributed by atoms with Gasteiger partial charge in [0.2, 0.25) is 17.2 Å². The van der Waals surface area contributed by atoms with Gasteiger partial charge < -0.3 is 10.5 Å². The smallest absolute Gasteiger partial charge is 0.247 e. The molecule has 0 aliphatic rings. The number of nitrogens with zero attached hydrogens (tertiary/aromatic N) is 4. The van der Waals surface area contributed by atoms with Crippen LogP contribution in [0.1, 0.15) is 11.3 Å². The summed E-state index contributed by atoms with van der Waals surface area (Å²) in [5, 5.41) is 24.5. The molecule has 0 bridgehead atoms. The van der Waals surface area contributed by atoms with E-state index in [1.54, 1.807) is 13.4 Å². The van der Waals surface area contributed by atoms with E-state index in [0.29, 0.717) is 22.4 Å². The summed E-state index contributed by atoms with van der Waals surface area (Å²) < 4.78 is 2.79. The van der Waals surface area contributed by atoms with Gasteiger partial charge in [0.15, 0.2) is 10.7 Å². The zero-order valence-electron chi connectivity index (χ0n) is 11.8. The van der Waals surface area contributed by atoms with Crippen LogP contribution in [-0.4, -0.2) is 21.8 Å². The summed E-state index contributed by atoms with van der Waals surface area (Å²) in [6.07, 6.45) is 1.55. The molecule has 0 spiro atoms. The van der Waals surface area contributed by atoms with E-state index in [9.17, 15) is 5.21 Å². The maximum atomic E-state index is 12.2. The van der Waals surface area contributed by atoms with Gasteiger partial charge in [-0.1, -0.05) is 41.7 Å². The SMILES string of the molecule is CNc1nnc(-c2c(C)n(Cc3ccccc3)c[n+]2[O-])s1. The van der Waals surface area contributed by atoms with Crippen molar-refractivity contribution in [3.05, 3.63) is 53.1 Å². The first-order chi connectivity index (χ1) is 10.2. The molecule has 1 N–H and O–H groups in total. The van der Waals surface area contributed by atoms with E-state index in [0.717, 1.165) is 16.0 Å². The fourth-order valence-corrected chi connectivity index (χ4v) is 2.96. The van der Waals surface area contributed by atoms with E-state index >= 15 is 0 Å². The van der Waals surface area contributed by atoms with Gasteiger partial charge in [0.05, 0.1) is 0 Å². The van der Waals surface area contributed by atoms with Gasteiger partial charge in [-0.2, -0.15) is 0 Å². The van der Waals surface area contributed by atoms with Crippen molar-refractivity contribution >= 4 is 16.5 Å². The monoisotopic (exact) mass is 301 g/mol. The average Bonchev–Trinajstić information content (AvgIpc) is 3.05. The zero-order chi connectivity index (χ0) is 14.8. The number of hydrogen-bond acceptors (Lipinski definition) is 5. The van der Waals surface area contributed by atoms with Crippen molar-refractivity contribution in [1.29, 1.82) is 0 Å². The van der Waals surface area contributed by atoms with Crippen molar-refractivity contribution in [2.75, 3.05) is 12.4 Å². The highest BCUT2D eigenvalue weighted by Gasteiger charge is 2.21. The average molecular weight is 301 g/mol. The first-order valence-corrected chi connectivity index (χ1v) is 7.35. The lowest BCUT2D eigenvalue weighted by Crippen LogP contribution is -2.25. The van der Waals surface area contributed by atoms with Crippen molar-refractivity contribution in [2.45, 2.75) is 13.5 Å². The van der Waals surface area contributed by atoms with Crippen LogP contribution < -0.4 is 10.0 Å². The second kappa shape index (κ2) is 5.53. The Morgan fingerprint density at radius 3 is 2.71 bits per heavy atom. The standard InChI is InChI=1S/C14H15N5OS/c1-10-12(13-16-17-14(15-2)21-13)19(20)9-18(10)8-11-6-4-3-5-7-11/h3-7,9H,8H2,1-2H3,(H,15,17). The number of nitrogens with one attached hydrogen (secondary N) is 1. The van der Waals surface area contributed by atoms with Crippen molar-refractivity contribution in [3.63, 3.8) is 0 Å². The Hall–Kier alpha value is -2.41. The van der Waals surface area contributed by atoms with Gasteiger partial charge in [-0.25, -0.2) is 9.30 Å². The van der Waals surface area contributed by atoms with Crippen LogP contribution >= 0.6 is 11.3 Å². The van der Waals surface area contributed by atoms with E-state index in [4.69, 9.17) is 0 Å². The first-order valence-electron chi connectivity index (χ1n) is 6.53. The van der Waals surface area contributed by atoms with Gasteiger partial charge in [0, 0.05) is 14.0 Å². The number of hydrogen-bond donors (Lipinski definition) is 1. The predicted molar refractivity (Wildman–Crippen MR) is 82.1 cm³/mol. The van der Waals surface area contributed by atoms with E-state index < -0.39 is 0 Å². The molecular formula is C14H15N5OS. The molecule has 1 aromatic carbocycles. The first kappa shape index (κ1) is 13.6. The molecular weight excluding hydrogens is 286 g/mol. The number of rotatable bonds is 4. The quantitative estimate of drug-likeness (QED) is 0.591. The Kier molecular flexibility index (Phi) is 3.57. The van der Waals surface area contributed by atoms with Gasteiger partial charge >= 0.3 is 0 Å². The molecule has 2 aromatic heterocycles. The summed E-state index contributed by atoms with van der Waals surface area (Å²) in [6, 6.07) is 10.0. The third-order valence-corrected chi connectivity index (χ3v) is 4.22. The van der Waals surface area contributed by atoms with Gasteiger partial charge in [0.25, 0.3) is 0 Å². The number of benzene rings is 1. The highest BCUT2D eigenvalue weighted by atomic mass is 32.1. The molecule has 6 nitrogen and oxygen atoms in total. The lowest BCUT2D eigenvalue weighted by atomic mass is 10.2. The Balaban J connectivity index is 1.96. The second-order valence-corrected chi connectivity index (χ2v) is 5.63. The molecule has 0 atom stereocenters. The molecule has 3 aromatic rings. The van der Waals surface area contributed by atoms with Crippen LogP contribution in [0.5, 0.6) is 0 Å². The molecule has 0 saturated carbocycles. The highest BCUT2D eigenvalue weighted by molar-refractivity contribution is 7.18. The summed E-state index contributed by atoms with van der Waals surface area (Å²) in [7, 11) is 1.78. The molecule has 2 heterocycles. The number of imidazole rings is 1. The van der Waals surface area contributed by atoms with Crippen LogP contribution in [0.4, 0.5) is 5.13 Å². The Morgan fingerprint density at radius 2 is 2.05 bits per heavy atom. The minimum absolute atomic E-state index is 0.560. The Morgan fingerprint density at radius 1 is 1.29 bits per heavy atom. The molecule has 0 fully saturated rings. The third-order valence-electron chi connectivity index (χ3n) is 3.28. The van der Waals surface area contributed by atoms with E-state index in [-0.39, 0.29) is 0 Å². The van der Waals surface area contributed by atoms with Gasteiger partial charge in [-0.3, -0.25) is 0 Å². The van der Waals surface area contributed by atoms with Gasteiger partial charge in [-0.15, -0.1) is 10.2 Å². The fourth-order valence-electron chi connectivity index (χ4n) is 2.17. The van der Waals surface area contributed by atoms with Crippen LogP contribution in [0.25, 0.3) is 10.7 Å². The predicted octanol–water partition coefficient (Wildman–Crippen LogP) is 2.04. The molecule has 3 rings (SSSR count). The zero-order valence-corrected chi connectivity index (χ0v) is 12.6. The van der Waals surface area contributed by atoms with Crippen molar-refractivity contribution in [3.8, 4) is 10.7 Å². The van der Waals surface area contributed by atoms with Crippen molar-refractivity contribution in [2.24, 2.45) is 0 Å². The summed E-state index contributed by atoms with van der Waals surface area (Å²) in [6.45, 7) is 2.58. The fraction of sp³-hybridized carbons (Fsp3) is 0.214. The summed E-state index contributed by atoms with van der Waals surface area (Å²) in [4.78, 5) is 0. The number of aromatic nitrogens is 4. The van der Waals surface area contributed by atoms with Crippen LogP contribution in [0.2, 0.25) is 0 Å². The molecule has 0 radical (unpaired) electrons. The summed E-state index contributed by atoms with van der Waals surface area (Å²) in [5.74, 6) is 0. The third kappa shape index (κ3) is 2.59. The van der Waals surface area contributed by atoms with Crippen LogP contribution in [0.15, 0.2) is 36.7 Å². The van der Waals surface area contributed by atoms with Crippen LogP contribution in [0, 0.1) is 12.1 Å². The highest BCUT2D eigenvalue weighted by Crippen LogP contribution is 2.26. The molecule has 0 amide bonds. The van der Waals surface area contributed by atoms with Gasteiger partial charge in [-0.05, 0) is 5.56 Å². The van der Waals surface area contributed by atoms with Crippen molar-refractivity contribution in [1.82, 2.24) is 14.8 Å². The lowest BCUT2D eigenvalue weighted by molar-refractivity contribution is -0.593. The molecule has 7 heteroatoms. The molecule has 21 heavy (non-hydrogen) atoms. The van der Waals surface area contributed by atoms with Crippen LogP contribution in [-0.2, 0) is 6.54 Å². The van der Waals surface area contributed by atoms with Gasteiger partial charge in [0.1, 0.15) is 6.54 Å². The number of anilines is 1. The maximum Gasteiger partial charge on any atom is 0.247 e. The minimum atomic E-state index is 0.560. The van der Waals surface area contributed by atoms with E-state index in [2.05, 4.69) is 15.5 Å². The summed E-state index contributed by atoms with van der Waals surface area (Å²) >= 11 is 1.37. The molecule has 0 unspecified atom stereocenters.